The molecule has 0 amide bonds. The van der Waals surface area contributed by atoms with Gasteiger partial charge in [-0.1, -0.05) is 30.3 Å². The lowest BCUT2D eigenvalue weighted by Crippen LogP contribution is -2.43. The smallest absolute Gasteiger partial charge is 0.174 e. The first-order valence-electron chi connectivity index (χ1n) is 7.68. The number of hydrogen-bond acceptors (Lipinski definition) is 3. The fourth-order valence-corrected chi connectivity index (χ4v) is 3.92. The minimum absolute atomic E-state index is 0.116. The summed E-state index contributed by atoms with van der Waals surface area (Å²) >= 11 is 0. The van der Waals surface area contributed by atoms with Crippen LogP contribution in [0.3, 0.4) is 0 Å². The molecule has 4 atom stereocenters. The predicted molar refractivity (Wildman–Crippen MR) is 77.4 cm³/mol. The maximum Gasteiger partial charge on any atom is 0.174 e. The van der Waals surface area contributed by atoms with E-state index >= 15 is 0 Å². The van der Waals surface area contributed by atoms with Gasteiger partial charge in [-0.2, -0.15) is 0 Å². The molecule has 4 unspecified atom stereocenters. The minimum atomic E-state index is -0.446. The van der Waals surface area contributed by atoms with E-state index < -0.39 is 5.79 Å². The van der Waals surface area contributed by atoms with Crippen LogP contribution in [0.25, 0.3) is 0 Å². The Kier molecular flexibility index (Phi) is 4.11. The van der Waals surface area contributed by atoms with Gasteiger partial charge < -0.3 is 14.2 Å². The van der Waals surface area contributed by atoms with Crippen molar-refractivity contribution in [2.24, 2.45) is 5.92 Å². The van der Waals surface area contributed by atoms with Crippen molar-refractivity contribution in [2.45, 2.75) is 50.6 Å². The lowest BCUT2D eigenvalue weighted by atomic mass is 9.71. The van der Waals surface area contributed by atoms with E-state index in [1.807, 2.05) is 6.92 Å². The van der Waals surface area contributed by atoms with E-state index in [2.05, 4.69) is 30.3 Å². The molecular weight excluding hydrogens is 252 g/mol. The van der Waals surface area contributed by atoms with E-state index in [9.17, 15) is 0 Å². The molecule has 1 aliphatic heterocycles. The van der Waals surface area contributed by atoms with Crippen LogP contribution in [-0.4, -0.2) is 25.8 Å². The molecule has 2 fully saturated rings. The Labute approximate surface area is 121 Å². The molecule has 3 heteroatoms. The molecule has 3 rings (SSSR count). The summed E-state index contributed by atoms with van der Waals surface area (Å²) in [5, 5.41) is 0. The first-order valence-corrected chi connectivity index (χ1v) is 7.68. The van der Waals surface area contributed by atoms with E-state index in [0.717, 1.165) is 19.3 Å². The van der Waals surface area contributed by atoms with Crippen LogP contribution in [0.15, 0.2) is 30.3 Å². The van der Waals surface area contributed by atoms with Crippen molar-refractivity contribution in [3.63, 3.8) is 0 Å². The molecular formula is C17H24O3. The van der Waals surface area contributed by atoms with Gasteiger partial charge in [-0.05, 0) is 31.2 Å². The zero-order chi connectivity index (χ0) is 14.0. The molecule has 1 heterocycles. The van der Waals surface area contributed by atoms with Crippen LogP contribution in [0.2, 0.25) is 0 Å². The van der Waals surface area contributed by atoms with Crippen LogP contribution in [0.5, 0.6) is 0 Å². The monoisotopic (exact) mass is 276 g/mol. The number of methoxy groups -OCH3 is 1. The minimum Gasteiger partial charge on any atom is -0.353 e. The Morgan fingerprint density at radius 3 is 2.80 bits per heavy atom. The van der Waals surface area contributed by atoms with Gasteiger partial charge in [-0.25, -0.2) is 0 Å². The second kappa shape index (κ2) is 5.84. The Hall–Kier alpha value is -0.900. The van der Waals surface area contributed by atoms with Gasteiger partial charge in [-0.3, -0.25) is 0 Å². The number of benzene rings is 1. The van der Waals surface area contributed by atoms with Crippen molar-refractivity contribution < 1.29 is 14.2 Å². The summed E-state index contributed by atoms with van der Waals surface area (Å²) in [6.45, 7) is 2.70. The van der Waals surface area contributed by atoms with Gasteiger partial charge in [0.1, 0.15) is 0 Å². The van der Waals surface area contributed by atoms with Crippen LogP contribution >= 0.6 is 0 Å². The topological polar surface area (TPSA) is 27.7 Å². The highest BCUT2D eigenvalue weighted by Crippen LogP contribution is 2.52. The van der Waals surface area contributed by atoms with Crippen LogP contribution in [0, 0.1) is 5.92 Å². The summed E-state index contributed by atoms with van der Waals surface area (Å²) < 4.78 is 17.7. The van der Waals surface area contributed by atoms with E-state index in [1.165, 1.54) is 12.0 Å². The van der Waals surface area contributed by atoms with Crippen molar-refractivity contribution in [3.8, 4) is 0 Å². The second-order valence-corrected chi connectivity index (χ2v) is 5.77. The summed E-state index contributed by atoms with van der Waals surface area (Å²) in [5.41, 5.74) is 1.40. The third-order valence-corrected chi connectivity index (χ3v) is 4.79. The highest BCUT2D eigenvalue weighted by Gasteiger charge is 2.54. The van der Waals surface area contributed by atoms with Crippen LogP contribution in [0.4, 0.5) is 0 Å². The summed E-state index contributed by atoms with van der Waals surface area (Å²) in [6, 6.07) is 10.8. The second-order valence-electron chi connectivity index (χ2n) is 5.77. The van der Waals surface area contributed by atoms with Crippen molar-refractivity contribution in [1.29, 1.82) is 0 Å². The van der Waals surface area contributed by atoms with E-state index in [-0.39, 0.29) is 6.29 Å². The molecule has 2 aliphatic rings. The van der Waals surface area contributed by atoms with Gasteiger partial charge >= 0.3 is 0 Å². The average molecular weight is 276 g/mol. The Bertz CT molecular complexity index is 433. The Morgan fingerprint density at radius 1 is 1.30 bits per heavy atom. The zero-order valence-electron chi connectivity index (χ0n) is 12.4. The number of fused-ring (bicyclic) bond motifs is 1. The van der Waals surface area contributed by atoms with Gasteiger partial charge in [0.25, 0.3) is 0 Å². The normalized spacial score (nSPS) is 36.8. The number of ether oxygens (including phenoxy) is 3. The quantitative estimate of drug-likeness (QED) is 0.839. The first kappa shape index (κ1) is 14.1. The lowest BCUT2D eigenvalue weighted by Gasteiger charge is -2.41. The molecule has 0 spiro atoms. The highest BCUT2D eigenvalue weighted by molar-refractivity contribution is 5.22. The third-order valence-electron chi connectivity index (χ3n) is 4.79. The molecule has 0 radical (unpaired) electrons. The molecule has 3 nitrogen and oxygen atoms in total. The maximum atomic E-state index is 6.15. The van der Waals surface area contributed by atoms with Gasteiger partial charge in [0.05, 0.1) is 0 Å². The van der Waals surface area contributed by atoms with Crippen LogP contribution in [0.1, 0.15) is 44.1 Å². The summed E-state index contributed by atoms with van der Waals surface area (Å²) in [6.07, 6.45) is 4.14. The van der Waals surface area contributed by atoms with E-state index in [4.69, 9.17) is 14.2 Å². The van der Waals surface area contributed by atoms with Crippen molar-refractivity contribution >= 4 is 0 Å². The van der Waals surface area contributed by atoms with Crippen molar-refractivity contribution in [3.05, 3.63) is 35.9 Å². The van der Waals surface area contributed by atoms with Gasteiger partial charge in [-0.15, -0.1) is 0 Å². The summed E-state index contributed by atoms with van der Waals surface area (Å²) in [5.74, 6) is 0.453. The molecule has 1 saturated heterocycles. The summed E-state index contributed by atoms with van der Waals surface area (Å²) in [7, 11) is 1.77. The Balaban J connectivity index is 1.87. The van der Waals surface area contributed by atoms with Crippen molar-refractivity contribution in [2.75, 3.05) is 13.7 Å². The van der Waals surface area contributed by atoms with Gasteiger partial charge in [0.2, 0.25) is 0 Å². The molecule has 0 bridgehead atoms. The average Bonchev–Trinajstić information content (AvgIpc) is 2.87. The molecule has 1 saturated carbocycles. The van der Waals surface area contributed by atoms with E-state index in [1.54, 1.807) is 7.11 Å². The van der Waals surface area contributed by atoms with Gasteiger partial charge in [0.15, 0.2) is 12.1 Å². The van der Waals surface area contributed by atoms with Crippen LogP contribution < -0.4 is 0 Å². The fraction of sp³-hybridized carbons (Fsp3) is 0.647. The molecule has 0 N–H and O–H groups in total. The summed E-state index contributed by atoms with van der Waals surface area (Å²) in [4.78, 5) is 0. The highest BCUT2D eigenvalue weighted by atomic mass is 16.8. The number of rotatable bonds is 4. The first-order chi connectivity index (χ1) is 9.79. The standard InChI is InChI=1S/C17H24O3/c1-3-19-16-12-15-14(13-8-5-4-6-9-13)10-7-11-17(15,18-2)20-16/h4-6,8-9,14-16H,3,7,10-12H2,1-2H3. The largest absolute Gasteiger partial charge is 0.353 e. The zero-order valence-corrected chi connectivity index (χ0v) is 12.4. The van der Waals surface area contributed by atoms with Crippen molar-refractivity contribution in [1.82, 2.24) is 0 Å². The van der Waals surface area contributed by atoms with E-state index in [0.29, 0.717) is 18.4 Å². The molecule has 0 aromatic heterocycles. The molecule has 1 aliphatic carbocycles. The number of hydrogen-bond donors (Lipinski definition) is 0. The molecule has 20 heavy (non-hydrogen) atoms. The third kappa shape index (κ3) is 2.39. The molecule has 1 aromatic rings. The molecule has 1 aromatic carbocycles. The maximum absolute atomic E-state index is 6.15. The molecule has 110 valence electrons. The van der Waals surface area contributed by atoms with Gasteiger partial charge in [0, 0.05) is 32.5 Å². The fourth-order valence-electron chi connectivity index (χ4n) is 3.92. The van der Waals surface area contributed by atoms with Crippen LogP contribution in [-0.2, 0) is 14.2 Å². The predicted octanol–water partition coefficient (Wildman–Crippen LogP) is 3.70. The lowest BCUT2D eigenvalue weighted by molar-refractivity contribution is -0.282. The SMILES string of the molecule is CCOC1CC2C(c3ccccc3)CCCC2(OC)O1. The Morgan fingerprint density at radius 2 is 2.10 bits per heavy atom.